The van der Waals surface area contributed by atoms with Gasteiger partial charge in [0.1, 0.15) is 0 Å². The van der Waals surface area contributed by atoms with Crippen molar-refractivity contribution in [1.29, 1.82) is 0 Å². The molecular formula is C20H21ClN6O. The van der Waals surface area contributed by atoms with Gasteiger partial charge < -0.3 is 10.6 Å². The highest BCUT2D eigenvalue weighted by Crippen LogP contribution is 2.29. The summed E-state index contributed by atoms with van der Waals surface area (Å²) in [4.78, 5) is 12.3. The summed E-state index contributed by atoms with van der Waals surface area (Å²) in [6, 6.07) is 13.4. The first-order valence-corrected chi connectivity index (χ1v) is 9.68. The summed E-state index contributed by atoms with van der Waals surface area (Å²) >= 11 is 5.72. The average molecular weight is 397 g/mol. The van der Waals surface area contributed by atoms with Gasteiger partial charge in [0.15, 0.2) is 5.15 Å². The van der Waals surface area contributed by atoms with E-state index in [9.17, 15) is 4.79 Å². The first kappa shape index (κ1) is 18.4. The van der Waals surface area contributed by atoms with Crippen LogP contribution in [0.3, 0.4) is 0 Å². The van der Waals surface area contributed by atoms with Crippen LogP contribution in [0.5, 0.6) is 0 Å². The molecule has 144 valence electrons. The van der Waals surface area contributed by atoms with Gasteiger partial charge in [0.2, 0.25) is 0 Å². The van der Waals surface area contributed by atoms with E-state index < -0.39 is 0 Å². The van der Waals surface area contributed by atoms with Gasteiger partial charge in [-0.3, -0.25) is 4.68 Å². The standard InChI is InChI=1S/C20H21ClN6O/c21-19-10-9-15(25-26-19)11-22-20(28)24-17-7-4-8-18-16(17)12-23-27(18)13-14-5-2-1-3-6-14/h1-3,5-6,9-10,12,17H,4,7-8,11,13H2,(H2,22,24,28). The molecule has 1 aliphatic carbocycles. The van der Waals surface area contributed by atoms with E-state index in [-0.39, 0.29) is 12.1 Å². The predicted molar refractivity (Wildman–Crippen MR) is 106 cm³/mol. The Morgan fingerprint density at radius 1 is 1.18 bits per heavy atom. The van der Waals surface area contributed by atoms with Crippen LogP contribution in [0, 0.1) is 0 Å². The van der Waals surface area contributed by atoms with Crippen molar-refractivity contribution in [2.75, 3.05) is 0 Å². The highest BCUT2D eigenvalue weighted by Gasteiger charge is 2.25. The molecule has 28 heavy (non-hydrogen) atoms. The summed E-state index contributed by atoms with van der Waals surface area (Å²) in [5, 5.41) is 18.5. The zero-order valence-electron chi connectivity index (χ0n) is 15.3. The molecule has 2 N–H and O–H groups in total. The fraction of sp³-hybridized carbons (Fsp3) is 0.300. The third-order valence-electron chi connectivity index (χ3n) is 4.86. The minimum absolute atomic E-state index is 0.0374. The summed E-state index contributed by atoms with van der Waals surface area (Å²) in [7, 11) is 0. The molecule has 1 aromatic carbocycles. The van der Waals surface area contributed by atoms with Crippen molar-refractivity contribution in [2.24, 2.45) is 0 Å². The van der Waals surface area contributed by atoms with Gasteiger partial charge in [-0.2, -0.15) is 10.2 Å². The fourth-order valence-corrected chi connectivity index (χ4v) is 3.58. The van der Waals surface area contributed by atoms with E-state index in [0.717, 1.165) is 31.4 Å². The third-order valence-corrected chi connectivity index (χ3v) is 5.06. The highest BCUT2D eigenvalue weighted by molar-refractivity contribution is 6.29. The average Bonchev–Trinajstić information content (AvgIpc) is 3.12. The lowest BCUT2D eigenvalue weighted by Crippen LogP contribution is -2.38. The van der Waals surface area contributed by atoms with E-state index in [1.807, 2.05) is 29.1 Å². The highest BCUT2D eigenvalue weighted by atomic mass is 35.5. The molecule has 7 nitrogen and oxygen atoms in total. The maximum atomic E-state index is 12.3. The van der Waals surface area contributed by atoms with Gasteiger partial charge in [-0.05, 0) is 37.0 Å². The fourth-order valence-electron chi connectivity index (χ4n) is 3.48. The quantitative estimate of drug-likeness (QED) is 0.693. The van der Waals surface area contributed by atoms with Gasteiger partial charge >= 0.3 is 6.03 Å². The number of urea groups is 1. The van der Waals surface area contributed by atoms with Crippen molar-refractivity contribution in [3.63, 3.8) is 0 Å². The third kappa shape index (κ3) is 4.31. The zero-order chi connectivity index (χ0) is 19.3. The zero-order valence-corrected chi connectivity index (χ0v) is 16.1. The number of carbonyl (C=O) groups excluding carboxylic acids is 1. The van der Waals surface area contributed by atoms with Crippen molar-refractivity contribution < 1.29 is 4.79 Å². The first-order chi connectivity index (χ1) is 13.7. The largest absolute Gasteiger partial charge is 0.332 e. The Hall–Kier alpha value is -2.93. The topological polar surface area (TPSA) is 84.7 Å². The maximum absolute atomic E-state index is 12.3. The second kappa shape index (κ2) is 8.39. The molecule has 0 radical (unpaired) electrons. The van der Waals surface area contributed by atoms with Crippen LogP contribution < -0.4 is 10.6 Å². The molecule has 4 rings (SSSR count). The van der Waals surface area contributed by atoms with Crippen LogP contribution in [0.15, 0.2) is 48.7 Å². The Labute approximate surface area is 168 Å². The van der Waals surface area contributed by atoms with Crippen LogP contribution in [-0.4, -0.2) is 26.0 Å². The molecule has 0 bridgehead atoms. The number of aromatic nitrogens is 4. The number of carbonyl (C=O) groups is 1. The Balaban J connectivity index is 1.39. The molecule has 0 aliphatic heterocycles. The van der Waals surface area contributed by atoms with E-state index >= 15 is 0 Å². The SMILES string of the molecule is O=C(NCc1ccc(Cl)nn1)NC1CCCc2c1cnn2Cc1ccccc1. The van der Waals surface area contributed by atoms with Crippen LogP contribution in [0.1, 0.15) is 41.4 Å². The van der Waals surface area contributed by atoms with Crippen molar-refractivity contribution in [3.8, 4) is 0 Å². The van der Waals surface area contributed by atoms with Gasteiger partial charge in [-0.15, -0.1) is 5.10 Å². The Kier molecular flexibility index (Phi) is 5.53. The van der Waals surface area contributed by atoms with Crippen molar-refractivity contribution in [2.45, 2.75) is 38.4 Å². The minimum Gasteiger partial charge on any atom is -0.332 e. The second-order valence-electron chi connectivity index (χ2n) is 6.81. The van der Waals surface area contributed by atoms with Crippen molar-refractivity contribution in [3.05, 3.63) is 76.3 Å². The molecule has 2 heterocycles. The summed E-state index contributed by atoms with van der Waals surface area (Å²) in [5.74, 6) is 0. The van der Waals surface area contributed by atoms with E-state index in [2.05, 4.69) is 38.1 Å². The van der Waals surface area contributed by atoms with Gasteiger partial charge in [-0.25, -0.2) is 4.79 Å². The van der Waals surface area contributed by atoms with Crippen LogP contribution in [-0.2, 0) is 19.5 Å². The Morgan fingerprint density at radius 2 is 2.04 bits per heavy atom. The summed E-state index contributed by atoms with van der Waals surface area (Å²) in [6.07, 6.45) is 4.77. The lowest BCUT2D eigenvalue weighted by molar-refractivity contribution is 0.235. The first-order valence-electron chi connectivity index (χ1n) is 9.30. The smallest absolute Gasteiger partial charge is 0.315 e. The van der Waals surface area contributed by atoms with Gasteiger partial charge in [0.05, 0.1) is 31.0 Å². The van der Waals surface area contributed by atoms with Crippen molar-refractivity contribution in [1.82, 2.24) is 30.6 Å². The van der Waals surface area contributed by atoms with Gasteiger partial charge in [-0.1, -0.05) is 41.9 Å². The molecule has 8 heteroatoms. The number of hydrogen-bond donors (Lipinski definition) is 2. The van der Waals surface area contributed by atoms with Gasteiger partial charge in [0, 0.05) is 11.3 Å². The van der Waals surface area contributed by atoms with Crippen LogP contribution in [0.4, 0.5) is 4.79 Å². The Morgan fingerprint density at radius 3 is 2.82 bits per heavy atom. The molecule has 1 atom stereocenters. The monoisotopic (exact) mass is 396 g/mol. The van der Waals surface area contributed by atoms with Gasteiger partial charge in [0.25, 0.3) is 0 Å². The number of fused-ring (bicyclic) bond motifs is 1. The number of hydrogen-bond acceptors (Lipinski definition) is 4. The number of rotatable bonds is 5. The number of halogens is 1. The molecule has 2 amide bonds. The van der Waals surface area contributed by atoms with Crippen molar-refractivity contribution >= 4 is 17.6 Å². The molecule has 0 fully saturated rings. The summed E-state index contributed by atoms with van der Waals surface area (Å²) in [6.45, 7) is 1.03. The molecule has 3 aromatic rings. The lowest BCUT2D eigenvalue weighted by Gasteiger charge is -2.24. The summed E-state index contributed by atoms with van der Waals surface area (Å²) < 4.78 is 2.04. The number of amides is 2. The van der Waals surface area contributed by atoms with Crippen LogP contribution in [0.25, 0.3) is 0 Å². The normalized spacial score (nSPS) is 15.7. The number of nitrogens with zero attached hydrogens (tertiary/aromatic N) is 4. The number of benzene rings is 1. The molecule has 0 saturated heterocycles. The van der Waals surface area contributed by atoms with E-state index in [4.69, 9.17) is 11.6 Å². The lowest BCUT2D eigenvalue weighted by atomic mass is 9.93. The minimum atomic E-state index is -0.231. The molecule has 1 unspecified atom stereocenters. The molecule has 2 aromatic heterocycles. The van der Waals surface area contributed by atoms with Crippen LogP contribution in [0.2, 0.25) is 5.15 Å². The molecular weight excluding hydrogens is 376 g/mol. The maximum Gasteiger partial charge on any atom is 0.315 e. The molecule has 1 aliphatic rings. The predicted octanol–water partition coefficient (Wildman–Crippen LogP) is 3.25. The van der Waals surface area contributed by atoms with E-state index in [1.165, 1.54) is 11.3 Å². The van der Waals surface area contributed by atoms with E-state index in [1.54, 1.807) is 12.1 Å². The Bertz CT molecular complexity index is 941. The number of nitrogens with one attached hydrogen (secondary N) is 2. The summed E-state index contributed by atoms with van der Waals surface area (Å²) in [5.41, 5.74) is 4.16. The van der Waals surface area contributed by atoms with E-state index in [0.29, 0.717) is 17.4 Å². The van der Waals surface area contributed by atoms with Crippen LogP contribution >= 0.6 is 11.6 Å². The second-order valence-corrected chi connectivity index (χ2v) is 7.20. The molecule has 0 spiro atoms. The molecule has 0 saturated carbocycles.